The maximum Gasteiger partial charge on any atom is 0.338 e. The molecule has 0 spiro atoms. The van der Waals surface area contributed by atoms with Crippen LogP contribution in [0.2, 0.25) is 0 Å². The molecule has 0 bridgehead atoms. The number of ether oxygens (including phenoxy) is 2. The van der Waals surface area contributed by atoms with Crippen molar-refractivity contribution < 1.29 is 33.9 Å². The van der Waals surface area contributed by atoms with Gasteiger partial charge in [-0.2, -0.15) is 0 Å². The fourth-order valence-electron chi connectivity index (χ4n) is 4.16. The summed E-state index contributed by atoms with van der Waals surface area (Å²) in [5.74, 6) is -2.54. The summed E-state index contributed by atoms with van der Waals surface area (Å²) in [6.07, 6.45) is 0. The number of carbonyl (C=O) groups excluding carboxylic acids is 3. The third-order valence-corrected chi connectivity index (χ3v) is 5.89. The topological polar surface area (TPSA) is 136 Å². The Kier molecular flexibility index (Phi) is 7.01. The number of para-hydroxylation sites is 1. The highest BCUT2D eigenvalue weighted by atomic mass is 16.6. The predicted molar refractivity (Wildman–Crippen MR) is 133 cm³/mol. The van der Waals surface area contributed by atoms with Crippen molar-refractivity contribution in [2.24, 2.45) is 0 Å². The smallest absolute Gasteiger partial charge is 0.338 e. The van der Waals surface area contributed by atoms with Crippen LogP contribution < -0.4 is 9.64 Å². The number of methoxy groups -OCH3 is 1. The Morgan fingerprint density at radius 1 is 1.00 bits per heavy atom. The number of Topliss-reactive ketones (excluding diaryl/α,β-unsaturated/α-hetero) is 1. The number of nitro groups is 1. The van der Waals surface area contributed by atoms with E-state index in [9.17, 15) is 29.6 Å². The van der Waals surface area contributed by atoms with Crippen molar-refractivity contribution in [2.45, 2.75) is 13.0 Å². The summed E-state index contributed by atoms with van der Waals surface area (Å²) in [5.41, 5.74) is 0.0492. The van der Waals surface area contributed by atoms with Gasteiger partial charge in [-0.1, -0.05) is 12.1 Å². The zero-order valence-corrected chi connectivity index (χ0v) is 19.9. The SMILES string of the molecule is CCOC(=O)c1ccc(N2C(=O)C(=O)/C(=C(/O)c3ccc(OC)cc3)[C@H]2c2ccccc2[N+](=O)[O-])cc1. The summed E-state index contributed by atoms with van der Waals surface area (Å²) in [6, 6.07) is 16.3. The van der Waals surface area contributed by atoms with Crippen LogP contribution in [-0.2, 0) is 14.3 Å². The van der Waals surface area contributed by atoms with Crippen molar-refractivity contribution in [3.63, 3.8) is 0 Å². The lowest BCUT2D eigenvalue weighted by Crippen LogP contribution is -2.29. The van der Waals surface area contributed by atoms with E-state index >= 15 is 0 Å². The van der Waals surface area contributed by atoms with Gasteiger partial charge in [0, 0.05) is 17.3 Å². The molecule has 0 saturated carbocycles. The Balaban J connectivity index is 1.91. The molecule has 1 aliphatic rings. The molecule has 37 heavy (non-hydrogen) atoms. The van der Waals surface area contributed by atoms with Crippen molar-refractivity contribution in [1.82, 2.24) is 0 Å². The average Bonchev–Trinajstić information content (AvgIpc) is 3.18. The standard InChI is InChI=1S/C27H22N2O8/c1-3-37-27(33)17-8-12-18(13-9-17)28-23(20-6-4-5-7-21(20)29(34)35)22(25(31)26(28)32)24(30)16-10-14-19(36-2)15-11-16/h4-15,23,30H,3H2,1-2H3/b24-22+/t23-/m1/s1. The first-order valence-electron chi connectivity index (χ1n) is 11.2. The summed E-state index contributed by atoms with van der Waals surface area (Å²) < 4.78 is 10.1. The van der Waals surface area contributed by atoms with Crippen LogP contribution in [-0.4, -0.2) is 41.4 Å². The van der Waals surface area contributed by atoms with Crippen molar-refractivity contribution in [2.75, 3.05) is 18.6 Å². The van der Waals surface area contributed by atoms with Gasteiger partial charge >= 0.3 is 5.97 Å². The summed E-state index contributed by atoms with van der Waals surface area (Å²) in [6.45, 7) is 1.85. The predicted octanol–water partition coefficient (Wildman–Crippen LogP) is 4.41. The minimum absolute atomic E-state index is 0.0382. The Morgan fingerprint density at radius 2 is 1.62 bits per heavy atom. The second-order valence-corrected chi connectivity index (χ2v) is 7.98. The molecule has 0 aromatic heterocycles. The van der Waals surface area contributed by atoms with Crippen molar-refractivity contribution in [3.05, 3.63) is 105 Å². The van der Waals surface area contributed by atoms with Gasteiger partial charge in [0.1, 0.15) is 17.6 Å². The van der Waals surface area contributed by atoms with Crippen molar-refractivity contribution in [3.8, 4) is 5.75 Å². The van der Waals surface area contributed by atoms with E-state index in [0.717, 1.165) is 4.90 Å². The second-order valence-electron chi connectivity index (χ2n) is 7.98. The summed E-state index contributed by atoms with van der Waals surface area (Å²) in [5, 5.41) is 23.0. The van der Waals surface area contributed by atoms with Gasteiger partial charge in [0.05, 0.1) is 35.3 Å². The number of nitro benzene ring substituents is 1. The monoisotopic (exact) mass is 502 g/mol. The number of esters is 1. The van der Waals surface area contributed by atoms with Crippen LogP contribution in [0.5, 0.6) is 5.75 Å². The number of nitrogens with zero attached hydrogens (tertiary/aromatic N) is 2. The molecule has 3 aromatic carbocycles. The van der Waals surface area contributed by atoms with Crippen LogP contribution >= 0.6 is 0 Å². The molecular formula is C27H22N2O8. The molecule has 1 N–H and O–H groups in total. The number of ketones is 1. The molecule has 0 unspecified atom stereocenters. The van der Waals surface area contributed by atoms with Gasteiger partial charge < -0.3 is 14.6 Å². The van der Waals surface area contributed by atoms with E-state index in [1.54, 1.807) is 25.1 Å². The Morgan fingerprint density at radius 3 is 2.22 bits per heavy atom. The fourth-order valence-corrected chi connectivity index (χ4v) is 4.16. The first-order chi connectivity index (χ1) is 17.8. The number of benzene rings is 3. The molecular weight excluding hydrogens is 480 g/mol. The molecule has 10 heteroatoms. The van der Waals surface area contributed by atoms with Gasteiger partial charge in [0.25, 0.3) is 17.4 Å². The van der Waals surface area contributed by atoms with Gasteiger partial charge in [-0.05, 0) is 61.5 Å². The van der Waals surface area contributed by atoms with E-state index in [4.69, 9.17) is 9.47 Å². The number of aliphatic hydroxyl groups is 1. The molecule has 3 aromatic rings. The zero-order valence-electron chi connectivity index (χ0n) is 19.9. The molecule has 4 rings (SSSR count). The fraction of sp³-hybridized carbons (Fsp3) is 0.148. The van der Waals surface area contributed by atoms with Crippen LogP contribution in [0.3, 0.4) is 0 Å². The van der Waals surface area contributed by atoms with E-state index in [0.29, 0.717) is 5.75 Å². The number of hydrogen-bond acceptors (Lipinski definition) is 8. The Hall–Kier alpha value is -4.99. The summed E-state index contributed by atoms with van der Waals surface area (Å²) >= 11 is 0. The van der Waals surface area contributed by atoms with Crippen LogP contribution in [0.25, 0.3) is 5.76 Å². The first kappa shape index (κ1) is 25.1. The zero-order chi connectivity index (χ0) is 26.7. The summed E-state index contributed by atoms with van der Waals surface area (Å²) in [7, 11) is 1.47. The molecule has 1 fully saturated rings. The highest BCUT2D eigenvalue weighted by Gasteiger charge is 2.48. The van der Waals surface area contributed by atoms with Gasteiger partial charge in [-0.15, -0.1) is 0 Å². The molecule has 1 aliphatic heterocycles. The van der Waals surface area contributed by atoms with Crippen molar-refractivity contribution in [1.29, 1.82) is 0 Å². The van der Waals surface area contributed by atoms with Gasteiger partial charge in [0.15, 0.2) is 0 Å². The largest absolute Gasteiger partial charge is 0.507 e. The average molecular weight is 502 g/mol. The third kappa shape index (κ3) is 4.64. The lowest BCUT2D eigenvalue weighted by molar-refractivity contribution is -0.385. The lowest BCUT2D eigenvalue weighted by Gasteiger charge is -2.25. The number of aliphatic hydroxyl groups excluding tert-OH is 1. The molecule has 1 heterocycles. The van der Waals surface area contributed by atoms with E-state index in [2.05, 4.69) is 0 Å². The number of hydrogen-bond donors (Lipinski definition) is 1. The van der Waals surface area contributed by atoms with Gasteiger partial charge in [0.2, 0.25) is 0 Å². The van der Waals surface area contributed by atoms with E-state index in [1.807, 2.05) is 0 Å². The number of amides is 1. The molecule has 0 radical (unpaired) electrons. The summed E-state index contributed by atoms with van der Waals surface area (Å²) in [4.78, 5) is 50.9. The minimum atomic E-state index is -1.31. The van der Waals surface area contributed by atoms with Crippen LogP contribution in [0.4, 0.5) is 11.4 Å². The number of carbonyl (C=O) groups is 3. The molecule has 1 atom stereocenters. The molecule has 188 valence electrons. The quantitative estimate of drug-likeness (QED) is 0.125. The Bertz CT molecular complexity index is 1410. The maximum atomic E-state index is 13.3. The first-order valence-corrected chi connectivity index (χ1v) is 11.2. The van der Waals surface area contributed by atoms with Crippen molar-refractivity contribution >= 4 is 34.8 Å². The maximum absolute atomic E-state index is 13.3. The molecule has 1 saturated heterocycles. The highest BCUT2D eigenvalue weighted by Crippen LogP contribution is 2.44. The van der Waals surface area contributed by atoms with E-state index < -0.39 is 34.4 Å². The van der Waals surface area contributed by atoms with E-state index in [-0.39, 0.29) is 40.2 Å². The number of anilines is 1. The Labute approximate surface area is 211 Å². The molecule has 1 amide bonds. The van der Waals surface area contributed by atoms with Crippen LogP contribution in [0.15, 0.2) is 78.4 Å². The van der Waals surface area contributed by atoms with E-state index in [1.165, 1.54) is 61.7 Å². The van der Waals surface area contributed by atoms with Crippen LogP contribution in [0, 0.1) is 10.1 Å². The normalized spacial score (nSPS) is 16.5. The second kappa shape index (κ2) is 10.3. The minimum Gasteiger partial charge on any atom is -0.507 e. The lowest BCUT2D eigenvalue weighted by atomic mass is 9.94. The molecule has 0 aliphatic carbocycles. The third-order valence-electron chi connectivity index (χ3n) is 5.89. The molecule has 10 nitrogen and oxygen atoms in total. The van der Waals surface area contributed by atoms with Crippen LogP contribution in [0.1, 0.15) is 34.5 Å². The number of rotatable bonds is 7. The van der Waals surface area contributed by atoms with Gasteiger partial charge in [-0.25, -0.2) is 4.79 Å². The highest BCUT2D eigenvalue weighted by molar-refractivity contribution is 6.51. The van der Waals surface area contributed by atoms with Gasteiger partial charge in [-0.3, -0.25) is 24.6 Å².